The number of aromatic nitrogens is 5. The first kappa shape index (κ1) is 26.4. The van der Waals surface area contributed by atoms with E-state index in [1.165, 1.54) is 22.1 Å². The monoisotopic (exact) mass is 525 g/mol. The average molecular weight is 525 g/mol. The number of carbonyl (C=O) groups is 1. The number of halogens is 5. The van der Waals surface area contributed by atoms with Crippen molar-refractivity contribution < 1.29 is 31.5 Å². The minimum absolute atomic E-state index is 0.0865. The zero-order valence-electron chi connectivity index (χ0n) is 20.1. The van der Waals surface area contributed by atoms with Gasteiger partial charge in [0, 0.05) is 25.0 Å². The highest BCUT2D eigenvalue weighted by Crippen LogP contribution is 2.34. The summed E-state index contributed by atoms with van der Waals surface area (Å²) in [5.74, 6) is -0.865. The van der Waals surface area contributed by atoms with Crippen molar-refractivity contribution in [2.75, 3.05) is 18.4 Å². The smallest absolute Gasteiger partial charge is 0.372 e. The Morgan fingerprint density at radius 1 is 1.22 bits per heavy atom. The van der Waals surface area contributed by atoms with Crippen LogP contribution < -0.4 is 5.32 Å². The van der Waals surface area contributed by atoms with Crippen molar-refractivity contribution >= 4 is 11.7 Å². The molecular formula is C23H24F5N7O2. The Balaban J connectivity index is 1.64. The van der Waals surface area contributed by atoms with E-state index in [9.17, 15) is 26.7 Å². The summed E-state index contributed by atoms with van der Waals surface area (Å²) in [6.07, 6.45) is -5.50. The maximum absolute atomic E-state index is 13.8. The van der Waals surface area contributed by atoms with Gasteiger partial charge in [0.1, 0.15) is 11.5 Å². The zero-order valence-corrected chi connectivity index (χ0v) is 20.1. The third-order valence-corrected chi connectivity index (χ3v) is 5.91. The Kier molecular flexibility index (Phi) is 7.39. The summed E-state index contributed by atoms with van der Waals surface area (Å²) in [6.45, 7) is 5.28. The lowest BCUT2D eigenvalue weighted by molar-refractivity contribution is -0.137. The summed E-state index contributed by atoms with van der Waals surface area (Å²) < 4.78 is 72.0. The number of amides is 1. The number of ether oxygens (including phenoxy) is 1. The van der Waals surface area contributed by atoms with Crippen LogP contribution in [-0.4, -0.2) is 67.1 Å². The summed E-state index contributed by atoms with van der Waals surface area (Å²) in [5, 5.41) is 10.9. The summed E-state index contributed by atoms with van der Waals surface area (Å²) in [6, 6.07) is 3.06. The van der Waals surface area contributed by atoms with Crippen LogP contribution in [0.4, 0.5) is 27.8 Å². The minimum atomic E-state index is -4.82. The van der Waals surface area contributed by atoms with E-state index in [0.717, 1.165) is 0 Å². The van der Waals surface area contributed by atoms with Gasteiger partial charge in [0.25, 0.3) is 12.3 Å². The van der Waals surface area contributed by atoms with E-state index in [1.807, 2.05) is 0 Å². The van der Waals surface area contributed by atoms with Crippen molar-refractivity contribution in [1.82, 2.24) is 29.9 Å². The van der Waals surface area contributed by atoms with Gasteiger partial charge < -0.3 is 15.0 Å². The summed E-state index contributed by atoms with van der Waals surface area (Å²) in [5.41, 5.74) is -1.15. The van der Waals surface area contributed by atoms with Gasteiger partial charge in [-0.05, 0) is 39.0 Å². The quantitative estimate of drug-likeness (QED) is 0.485. The molecule has 0 radical (unpaired) electrons. The molecule has 0 bridgehead atoms. The number of nitrogens with zero attached hydrogens (tertiary/aromatic N) is 6. The van der Waals surface area contributed by atoms with E-state index >= 15 is 0 Å². The molecule has 1 saturated heterocycles. The Hall–Kier alpha value is -3.68. The van der Waals surface area contributed by atoms with Gasteiger partial charge in [-0.2, -0.15) is 23.4 Å². The van der Waals surface area contributed by atoms with Gasteiger partial charge in [-0.3, -0.25) is 4.79 Å². The van der Waals surface area contributed by atoms with Gasteiger partial charge in [-0.25, -0.2) is 18.7 Å². The van der Waals surface area contributed by atoms with E-state index in [-0.39, 0.29) is 24.9 Å². The highest BCUT2D eigenvalue weighted by Gasteiger charge is 2.38. The first-order chi connectivity index (χ1) is 17.5. The standard InChI is InChI=1S/C23H24F5N7O2/c1-12-4-5-17(35-31-6-7-32-35)19(33-12)22(36)34-11-13(2)37-14(3)18(34)10-30-21-16(20(24)25)8-15(9-29-21)23(26,27)28/h4-9,13-14,18,20H,10-11H2,1-3H3,(H,29,30)/t13-,14+,18-/m1/s1. The molecule has 198 valence electrons. The van der Waals surface area contributed by atoms with Crippen molar-refractivity contribution in [3.63, 3.8) is 0 Å². The molecule has 14 heteroatoms. The van der Waals surface area contributed by atoms with E-state index in [2.05, 4.69) is 25.5 Å². The number of nitrogens with one attached hydrogen (secondary N) is 1. The fraction of sp³-hybridized carbons (Fsp3) is 0.435. The normalized spacial score (nSPS) is 20.4. The molecule has 3 atom stereocenters. The van der Waals surface area contributed by atoms with Crippen LogP contribution in [-0.2, 0) is 10.9 Å². The number of carbonyl (C=O) groups excluding carboxylic acids is 1. The maximum atomic E-state index is 13.8. The van der Waals surface area contributed by atoms with E-state index in [4.69, 9.17) is 4.74 Å². The fourth-order valence-corrected chi connectivity index (χ4v) is 4.17. The Labute approximate surface area is 208 Å². The van der Waals surface area contributed by atoms with E-state index in [1.54, 1.807) is 32.9 Å². The van der Waals surface area contributed by atoms with Gasteiger partial charge in [-0.1, -0.05) is 0 Å². The molecule has 1 fully saturated rings. The molecule has 0 spiro atoms. The Bertz CT molecular complexity index is 1250. The Morgan fingerprint density at radius 2 is 1.92 bits per heavy atom. The number of rotatable bonds is 6. The maximum Gasteiger partial charge on any atom is 0.417 e. The van der Waals surface area contributed by atoms with E-state index < -0.39 is 47.6 Å². The number of morpholine rings is 1. The SMILES string of the molecule is Cc1ccc(-n2nccn2)c(C(=O)N2C[C@@H](C)O[C@@H](C)[C@H]2CNc2ncc(C(F)(F)F)cc2C(F)F)n1. The number of hydrogen-bond acceptors (Lipinski definition) is 7. The largest absolute Gasteiger partial charge is 0.417 e. The molecule has 9 nitrogen and oxygen atoms in total. The first-order valence-electron chi connectivity index (χ1n) is 11.4. The molecule has 1 N–H and O–H groups in total. The number of pyridine rings is 2. The van der Waals surface area contributed by atoms with Crippen molar-refractivity contribution in [3.05, 3.63) is 59.3 Å². The second kappa shape index (κ2) is 10.4. The zero-order chi connectivity index (χ0) is 26.9. The topological polar surface area (TPSA) is 98.1 Å². The van der Waals surface area contributed by atoms with Crippen LogP contribution in [0.3, 0.4) is 0 Å². The molecule has 3 aromatic rings. The molecule has 4 rings (SSSR count). The second-order valence-electron chi connectivity index (χ2n) is 8.66. The molecule has 0 aliphatic carbocycles. The van der Waals surface area contributed by atoms with Crippen LogP contribution in [0.25, 0.3) is 5.69 Å². The van der Waals surface area contributed by atoms with Gasteiger partial charge in [0.05, 0.1) is 41.8 Å². The molecule has 0 unspecified atom stereocenters. The third kappa shape index (κ3) is 5.68. The second-order valence-corrected chi connectivity index (χ2v) is 8.66. The number of alkyl halides is 5. The molecule has 1 amide bonds. The summed E-state index contributed by atoms with van der Waals surface area (Å²) in [7, 11) is 0. The van der Waals surface area contributed by atoms with Crippen LogP contribution in [0.15, 0.2) is 36.8 Å². The number of anilines is 1. The predicted octanol–water partition coefficient (Wildman–Crippen LogP) is 4.05. The molecule has 3 aromatic heterocycles. The van der Waals surface area contributed by atoms with Crippen LogP contribution in [0, 0.1) is 6.92 Å². The lowest BCUT2D eigenvalue weighted by Gasteiger charge is -2.43. The van der Waals surface area contributed by atoms with E-state index in [0.29, 0.717) is 23.6 Å². The predicted molar refractivity (Wildman–Crippen MR) is 121 cm³/mol. The highest BCUT2D eigenvalue weighted by molar-refractivity contribution is 5.96. The number of hydrogen-bond donors (Lipinski definition) is 1. The molecule has 37 heavy (non-hydrogen) atoms. The van der Waals surface area contributed by atoms with Crippen LogP contribution >= 0.6 is 0 Å². The van der Waals surface area contributed by atoms with Gasteiger partial charge in [-0.15, -0.1) is 4.80 Å². The molecule has 0 saturated carbocycles. The third-order valence-electron chi connectivity index (χ3n) is 5.91. The molecule has 1 aliphatic heterocycles. The van der Waals surface area contributed by atoms with Crippen LogP contribution in [0.5, 0.6) is 0 Å². The van der Waals surface area contributed by atoms with Gasteiger partial charge in [0.2, 0.25) is 0 Å². The number of aryl methyl sites for hydroxylation is 1. The van der Waals surface area contributed by atoms with Crippen molar-refractivity contribution in [2.45, 2.75) is 51.6 Å². The fourth-order valence-electron chi connectivity index (χ4n) is 4.17. The van der Waals surface area contributed by atoms with Crippen molar-refractivity contribution in [1.29, 1.82) is 0 Å². The van der Waals surface area contributed by atoms with Crippen molar-refractivity contribution in [2.24, 2.45) is 0 Å². The summed E-state index contributed by atoms with van der Waals surface area (Å²) >= 11 is 0. The van der Waals surface area contributed by atoms with Crippen molar-refractivity contribution in [3.8, 4) is 5.69 Å². The molecule has 0 aromatic carbocycles. The van der Waals surface area contributed by atoms with Crippen LogP contribution in [0.1, 0.15) is 47.6 Å². The van der Waals surface area contributed by atoms with Gasteiger partial charge >= 0.3 is 6.18 Å². The summed E-state index contributed by atoms with van der Waals surface area (Å²) in [4.78, 5) is 24.5. The average Bonchev–Trinajstić information content (AvgIpc) is 3.36. The first-order valence-corrected chi connectivity index (χ1v) is 11.4. The Morgan fingerprint density at radius 3 is 2.57 bits per heavy atom. The minimum Gasteiger partial charge on any atom is -0.372 e. The van der Waals surface area contributed by atoms with Gasteiger partial charge in [0.15, 0.2) is 5.69 Å². The molecule has 4 heterocycles. The lowest BCUT2D eigenvalue weighted by atomic mass is 10.0. The molecule has 1 aliphatic rings. The lowest BCUT2D eigenvalue weighted by Crippen LogP contribution is -2.58. The highest BCUT2D eigenvalue weighted by atomic mass is 19.4. The molecular weight excluding hydrogens is 501 g/mol. The van der Waals surface area contributed by atoms with Crippen LogP contribution in [0.2, 0.25) is 0 Å².